The van der Waals surface area contributed by atoms with Crippen LogP contribution in [0.4, 0.5) is 10.2 Å². The smallest absolute Gasteiger partial charge is 0.174 e. The quantitative estimate of drug-likeness (QED) is 0.886. The number of nitrogen functional groups attached to an aromatic ring is 1. The molecule has 0 atom stereocenters. The molecule has 1 aromatic carbocycles. The summed E-state index contributed by atoms with van der Waals surface area (Å²) < 4.78 is 18.5. The van der Waals surface area contributed by atoms with E-state index in [1.165, 1.54) is 6.07 Å². The van der Waals surface area contributed by atoms with E-state index in [2.05, 4.69) is 5.16 Å². The Morgan fingerprint density at radius 3 is 2.76 bits per heavy atom. The summed E-state index contributed by atoms with van der Waals surface area (Å²) in [6.07, 6.45) is 0. The summed E-state index contributed by atoms with van der Waals surface area (Å²) in [5.41, 5.74) is 6.95. The lowest BCUT2D eigenvalue weighted by atomic mass is 9.99. The predicted octanol–water partition coefficient (Wildman–Crippen LogP) is 3.84. The molecule has 0 fully saturated rings. The minimum Gasteiger partial charge on any atom is -0.381 e. The summed E-state index contributed by atoms with van der Waals surface area (Å²) in [6.45, 7) is 3.92. The van der Waals surface area contributed by atoms with Crippen molar-refractivity contribution in [3.63, 3.8) is 0 Å². The first-order chi connectivity index (χ1) is 8.02. The average Bonchev–Trinajstić information content (AvgIpc) is 2.64. The zero-order valence-electron chi connectivity index (χ0n) is 9.50. The van der Waals surface area contributed by atoms with Crippen LogP contribution >= 0.6 is 11.6 Å². The molecular weight excluding hydrogens is 243 g/mol. The molecule has 0 bridgehead atoms. The normalized spacial score (nSPS) is 11.1. The van der Waals surface area contributed by atoms with Crippen molar-refractivity contribution in [2.45, 2.75) is 19.8 Å². The van der Waals surface area contributed by atoms with Crippen molar-refractivity contribution in [2.24, 2.45) is 0 Å². The molecule has 5 heteroatoms. The minimum atomic E-state index is -0.492. The number of benzene rings is 1. The van der Waals surface area contributed by atoms with E-state index in [-0.39, 0.29) is 10.9 Å². The van der Waals surface area contributed by atoms with E-state index in [9.17, 15) is 4.39 Å². The lowest BCUT2D eigenvalue weighted by molar-refractivity contribution is 0.434. The van der Waals surface area contributed by atoms with Crippen LogP contribution in [0.15, 0.2) is 22.7 Å². The average molecular weight is 255 g/mol. The number of halogens is 2. The van der Waals surface area contributed by atoms with Crippen LogP contribution < -0.4 is 5.73 Å². The number of hydrogen-bond acceptors (Lipinski definition) is 3. The maximum atomic E-state index is 13.4. The van der Waals surface area contributed by atoms with E-state index in [0.29, 0.717) is 17.1 Å². The van der Waals surface area contributed by atoms with E-state index in [0.717, 1.165) is 5.56 Å². The Kier molecular flexibility index (Phi) is 3.07. The van der Waals surface area contributed by atoms with Gasteiger partial charge in [0.15, 0.2) is 11.6 Å². The van der Waals surface area contributed by atoms with Crippen molar-refractivity contribution >= 4 is 17.4 Å². The molecular formula is C12H12ClFN2O. The number of anilines is 1. The largest absolute Gasteiger partial charge is 0.381 e. The van der Waals surface area contributed by atoms with Crippen molar-refractivity contribution in [2.75, 3.05) is 5.73 Å². The van der Waals surface area contributed by atoms with Gasteiger partial charge in [0.25, 0.3) is 0 Å². The summed E-state index contributed by atoms with van der Waals surface area (Å²) in [4.78, 5) is 0. The summed E-state index contributed by atoms with van der Waals surface area (Å²) in [5.74, 6) is 0.377. The Balaban J connectivity index is 2.65. The van der Waals surface area contributed by atoms with Crippen molar-refractivity contribution in [3.05, 3.63) is 34.6 Å². The van der Waals surface area contributed by atoms with Gasteiger partial charge in [-0.2, -0.15) is 0 Å². The van der Waals surface area contributed by atoms with Crippen LogP contribution in [0.5, 0.6) is 0 Å². The SMILES string of the molecule is CC(C)c1c(N)noc1-c1cccc(F)c1Cl. The second kappa shape index (κ2) is 4.37. The van der Waals surface area contributed by atoms with E-state index >= 15 is 0 Å². The van der Waals surface area contributed by atoms with Crippen LogP contribution in [0.3, 0.4) is 0 Å². The maximum Gasteiger partial charge on any atom is 0.174 e. The molecule has 1 aromatic heterocycles. The van der Waals surface area contributed by atoms with Crippen molar-refractivity contribution in [1.82, 2.24) is 5.16 Å². The van der Waals surface area contributed by atoms with Gasteiger partial charge in [0.05, 0.1) is 5.02 Å². The molecule has 0 saturated carbocycles. The Morgan fingerprint density at radius 1 is 1.41 bits per heavy atom. The molecule has 0 spiro atoms. The molecule has 0 unspecified atom stereocenters. The van der Waals surface area contributed by atoms with Gasteiger partial charge in [-0.15, -0.1) is 0 Å². The van der Waals surface area contributed by atoms with Gasteiger partial charge < -0.3 is 10.3 Å². The third-order valence-electron chi connectivity index (χ3n) is 2.53. The van der Waals surface area contributed by atoms with Crippen LogP contribution in [0.25, 0.3) is 11.3 Å². The van der Waals surface area contributed by atoms with E-state index < -0.39 is 5.82 Å². The molecule has 17 heavy (non-hydrogen) atoms. The third kappa shape index (κ3) is 2.00. The Bertz CT molecular complexity index is 551. The molecule has 0 aliphatic heterocycles. The number of aromatic nitrogens is 1. The molecule has 0 aliphatic rings. The first kappa shape index (κ1) is 11.9. The highest BCUT2D eigenvalue weighted by Crippen LogP contribution is 2.37. The molecule has 1 heterocycles. The molecule has 2 rings (SSSR count). The molecule has 0 aliphatic carbocycles. The summed E-state index contributed by atoms with van der Waals surface area (Å²) >= 11 is 5.91. The first-order valence-electron chi connectivity index (χ1n) is 5.21. The molecule has 3 nitrogen and oxygen atoms in total. The van der Waals surface area contributed by atoms with Gasteiger partial charge in [0.2, 0.25) is 0 Å². The van der Waals surface area contributed by atoms with Crippen molar-refractivity contribution in [3.8, 4) is 11.3 Å². The van der Waals surface area contributed by atoms with Gasteiger partial charge in [-0.05, 0) is 18.1 Å². The fourth-order valence-electron chi connectivity index (χ4n) is 1.74. The number of nitrogens with two attached hydrogens (primary N) is 1. The first-order valence-corrected chi connectivity index (χ1v) is 5.59. The van der Waals surface area contributed by atoms with Gasteiger partial charge >= 0.3 is 0 Å². The van der Waals surface area contributed by atoms with Gasteiger partial charge in [-0.1, -0.05) is 36.7 Å². The number of rotatable bonds is 2. The fourth-order valence-corrected chi connectivity index (χ4v) is 1.95. The third-order valence-corrected chi connectivity index (χ3v) is 2.91. The zero-order valence-corrected chi connectivity index (χ0v) is 10.3. The Labute approximate surface area is 103 Å². The predicted molar refractivity (Wildman–Crippen MR) is 65.4 cm³/mol. The fraction of sp³-hybridized carbons (Fsp3) is 0.250. The van der Waals surface area contributed by atoms with Crippen LogP contribution in [-0.4, -0.2) is 5.16 Å². The van der Waals surface area contributed by atoms with Crippen molar-refractivity contribution in [1.29, 1.82) is 0 Å². The summed E-state index contributed by atoms with van der Waals surface area (Å²) in [5, 5.41) is 3.73. The molecule has 0 amide bonds. The molecule has 2 N–H and O–H groups in total. The highest BCUT2D eigenvalue weighted by Gasteiger charge is 2.21. The second-order valence-corrected chi connectivity index (χ2v) is 4.44. The van der Waals surface area contributed by atoms with E-state index in [1.54, 1.807) is 12.1 Å². The van der Waals surface area contributed by atoms with Gasteiger partial charge in [0, 0.05) is 11.1 Å². The maximum absolute atomic E-state index is 13.4. The van der Waals surface area contributed by atoms with Crippen LogP contribution in [0, 0.1) is 5.82 Å². The zero-order chi connectivity index (χ0) is 12.6. The topological polar surface area (TPSA) is 52.0 Å². The lowest BCUT2D eigenvalue weighted by Gasteiger charge is -2.07. The molecule has 0 saturated heterocycles. The van der Waals surface area contributed by atoms with Crippen LogP contribution in [0.1, 0.15) is 25.3 Å². The van der Waals surface area contributed by atoms with Gasteiger partial charge in [-0.3, -0.25) is 0 Å². The summed E-state index contributed by atoms with van der Waals surface area (Å²) in [6, 6.07) is 4.54. The standard InChI is InChI=1S/C12H12ClFN2O/c1-6(2)9-11(17-16-12(9)15)7-4-3-5-8(14)10(7)13/h3-6H,1-2H3,(H2,15,16). The highest BCUT2D eigenvalue weighted by molar-refractivity contribution is 6.33. The van der Waals surface area contributed by atoms with E-state index in [1.807, 2.05) is 13.8 Å². The van der Waals surface area contributed by atoms with Crippen LogP contribution in [0.2, 0.25) is 5.02 Å². The van der Waals surface area contributed by atoms with Crippen molar-refractivity contribution < 1.29 is 8.91 Å². The molecule has 2 aromatic rings. The Morgan fingerprint density at radius 2 is 2.12 bits per heavy atom. The number of nitrogens with zero attached hydrogens (tertiary/aromatic N) is 1. The number of hydrogen-bond donors (Lipinski definition) is 1. The van der Waals surface area contributed by atoms with E-state index in [4.69, 9.17) is 21.9 Å². The Hall–Kier alpha value is -1.55. The minimum absolute atomic E-state index is 0.0190. The van der Waals surface area contributed by atoms with Gasteiger partial charge in [-0.25, -0.2) is 4.39 Å². The molecule has 0 radical (unpaired) electrons. The van der Waals surface area contributed by atoms with Crippen LogP contribution in [-0.2, 0) is 0 Å². The monoisotopic (exact) mass is 254 g/mol. The lowest BCUT2D eigenvalue weighted by Crippen LogP contribution is -1.95. The molecule has 90 valence electrons. The summed E-state index contributed by atoms with van der Waals surface area (Å²) in [7, 11) is 0. The van der Waals surface area contributed by atoms with Gasteiger partial charge in [0.1, 0.15) is 5.82 Å². The second-order valence-electron chi connectivity index (χ2n) is 4.07. The highest BCUT2D eigenvalue weighted by atomic mass is 35.5.